The van der Waals surface area contributed by atoms with E-state index in [2.05, 4.69) is 19.1 Å². The highest BCUT2D eigenvalue weighted by Crippen LogP contribution is 2.31. The van der Waals surface area contributed by atoms with Crippen molar-refractivity contribution in [2.45, 2.75) is 32.9 Å². The lowest BCUT2D eigenvalue weighted by Gasteiger charge is -2.22. The third-order valence-electron chi connectivity index (χ3n) is 2.91. The van der Waals surface area contributed by atoms with Gasteiger partial charge in [-0.05, 0) is 56.7 Å². The van der Waals surface area contributed by atoms with Crippen LogP contribution in [0.2, 0.25) is 5.02 Å². The van der Waals surface area contributed by atoms with Gasteiger partial charge >= 0.3 is 0 Å². The zero-order chi connectivity index (χ0) is 14.0. The second-order valence-electron chi connectivity index (χ2n) is 4.76. The fourth-order valence-electron chi connectivity index (χ4n) is 1.91. The molecule has 0 amide bonds. The summed E-state index contributed by atoms with van der Waals surface area (Å²) in [5, 5.41) is 0.717. The van der Waals surface area contributed by atoms with Crippen molar-refractivity contribution in [3.8, 4) is 5.75 Å². The van der Waals surface area contributed by atoms with E-state index in [-0.39, 0.29) is 12.1 Å². The zero-order valence-electron chi connectivity index (χ0n) is 11.3. The van der Waals surface area contributed by atoms with Gasteiger partial charge < -0.3 is 10.5 Å². The molecular formula is C15H18ClNOS. The van der Waals surface area contributed by atoms with Gasteiger partial charge in [-0.2, -0.15) is 0 Å². The van der Waals surface area contributed by atoms with Crippen LogP contribution in [0.5, 0.6) is 5.75 Å². The first kappa shape index (κ1) is 14.4. The Balaban J connectivity index is 2.26. The molecule has 2 aromatic rings. The molecule has 0 radical (unpaired) electrons. The summed E-state index contributed by atoms with van der Waals surface area (Å²) < 4.78 is 6.09. The molecule has 102 valence electrons. The molecule has 0 spiro atoms. The predicted octanol–water partition coefficient (Wildman–Crippen LogP) is 4.49. The Labute approximate surface area is 123 Å². The van der Waals surface area contributed by atoms with Crippen LogP contribution in [-0.2, 0) is 0 Å². The number of benzene rings is 1. The standard InChI is InChI=1S/C15H18ClNOS/c1-9-8-12(16)5-6-13(9)18-15(11(3)17)14-7-4-10(2)19-14/h4-8,11,15H,17H2,1-3H3. The molecule has 2 atom stereocenters. The van der Waals surface area contributed by atoms with Crippen molar-refractivity contribution in [3.05, 3.63) is 50.7 Å². The maximum atomic E-state index is 6.09. The van der Waals surface area contributed by atoms with E-state index < -0.39 is 0 Å². The van der Waals surface area contributed by atoms with Crippen molar-refractivity contribution in [1.29, 1.82) is 0 Å². The Morgan fingerprint density at radius 2 is 1.95 bits per heavy atom. The van der Waals surface area contributed by atoms with Crippen LogP contribution in [0.3, 0.4) is 0 Å². The van der Waals surface area contributed by atoms with Crippen LogP contribution in [0.15, 0.2) is 30.3 Å². The van der Waals surface area contributed by atoms with E-state index in [1.165, 1.54) is 4.88 Å². The van der Waals surface area contributed by atoms with Gasteiger partial charge in [-0.25, -0.2) is 0 Å². The summed E-state index contributed by atoms with van der Waals surface area (Å²) in [6.07, 6.45) is -0.126. The van der Waals surface area contributed by atoms with Gasteiger partial charge in [-0.1, -0.05) is 11.6 Å². The smallest absolute Gasteiger partial charge is 0.148 e. The normalized spacial score (nSPS) is 14.2. The molecule has 0 fully saturated rings. The van der Waals surface area contributed by atoms with E-state index in [4.69, 9.17) is 22.1 Å². The fraction of sp³-hybridized carbons (Fsp3) is 0.333. The van der Waals surface area contributed by atoms with Gasteiger partial charge in [0, 0.05) is 20.8 Å². The van der Waals surface area contributed by atoms with Gasteiger partial charge in [0.15, 0.2) is 0 Å². The molecule has 0 aliphatic rings. The molecule has 0 bridgehead atoms. The van der Waals surface area contributed by atoms with Crippen LogP contribution in [0.25, 0.3) is 0 Å². The maximum Gasteiger partial charge on any atom is 0.148 e. The van der Waals surface area contributed by atoms with E-state index in [1.807, 2.05) is 32.0 Å². The van der Waals surface area contributed by atoms with Gasteiger partial charge in [-0.3, -0.25) is 0 Å². The SMILES string of the molecule is Cc1ccc(C(Oc2ccc(Cl)cc2C)C(C)N)s1. The Kier molecular flexibility index (Phi) is 4.50. The molecule has 4 heteroatoms. The highest BCUT2D eigenvalue weighted by Gasteiger charge is 2.20. The first-order chi connectivity index (χ1) is 8.97. The van der Waals surface area contributed by atoms with Crippen molar-refractivity contribution in [1.82, 2.24) is 0 Å². The minimum atomic E-state index is -0.126. The molecule has 0 saturated heterocycles. The van der Waals surface area contributed by atoms with Gasteiger partial charge in [-0.15, -0.1) is 11.3 Å². The molecular weight excluding hydrogens is 278 g/mol. The lowest BCUT2D eigenvalue weighted by Crippen LogP contribution is -2.28. The molecule has 1 heterocycles. The van der Waals surface area contributed by atoms with Crippen LogP contribution >= 0.6 is 22.9 Å². The monoisotopic (exact) mass is 295 g/mol. The average molecular weight is 296 g/mol. The van der Waals surface area contributed by atoms with Gasteiger partial charge in [0.05, 0.1) is 0 Å². The number of ether oxygens (including phenoxy) is 1. The van der Waals surface area contributed by atoms with Crippen molar-refractivity contribution >= 4 is 22.9 Å². The number of hydrogen-bond donors (Lipinski definition) is 1. The quantitative estimate of drug-likeness (QED) is 0.902. The predicted molar refractivity (Wildman–Crippen MR) is 82.3 cm³/mol. The van der Waals surface area contributed by atoms with Crippen LogP contribution in [0, 0.1) is 13.8 Å². The fourth-order valence-corrected chi connectivity index (χ4v) is 3.16. The third-order valence-corrected chi connectivity index (χ3v) is 4.21. The molecule has 2 rings (SSSR count). The summed E-state index contributed by atoms with van der Waals surface area (Å²) >= 11 is 7.68. The summed E-state index contributed by atoms with van der Waals surface area (Å²) in [5.41, 5.74) is 7.08. The first-order valence-corrected chi connectivity index (χ1v) is 7.41. The molecule has 0 aliphatic heterocycles. The number of nitrogens with two attached hydrogens (primary N) is 1. The maximum absolute atomic E-state index is 6.09. The van der Waals surface area contributed by atoms with E-state index in [9.17, 15) is 0 Å². The van der Waals surface area contributed by atoms with E-state index in [1.54, 1.807) is 11.3 Å². The number of halogens is 1. The summed E-state index contributed by atoms with van der Waals surface area (Å²) in [4.78, 5) is 2.42. The second-order valence-corrected chi connectivity index (χ2v) is 6.51. The Morgan fingerprint density at radius 1 is 1.21 bits per heavy atom. The van der Waals surface area contributed by atoms with Crippen molar-refractivity contribution < 1.29 is 4.74 Å². The van der Waals surface area contributed by atoms with E-state index in [0.29, 0.717) is 5.02 Å². The highest BCUT2D eigenvalue weighted by atomic mass is 35.5. The van der Waals surface area contributed by atoms with Gasteiger partial charge in [0.25, 0.3) is 0 Å². The summed E-state index contributed by atoms with van der Waals surface area (Å²) in [7, 11) is 0. The van der Waals surface area contributed by atoms with Crippen molar-refractivity contribution in [3.63, 3.8) is 0 Å². The van der Waals surface area contributed by atoms with Crippen LogP contribution in [0.4, 0.5) is 0 Å². The summed E-state index contributed by atoms with van der Waals surface area (Å²) in [5.74, 6) is 0.831. The summed E-state index contributed by atoms with van der Waals surface area (Å²) in [6.45, 7) is 6.03. The van der Waals surface area contributed by atoms with E-state index in [0.717, 1.165) is 16.2 Å². The Bertz CT molecular complexity index is 565. The highest BCUT2D eigenvalue weighted by molar-refractivity contribution is 7.12. The number of thiophene rings is 1. The van der Waals surface area contributed by atoms with Crippen LogP contribution < -0.4 is 10.5 Å². The Hall–Kier alpha value is -1.03. The number of rotatable bonds is 4. The average Bonchev–Trinajstić information content (AvgIpc) is 2.74. The Morgan fingerprint density at radius 3 is 2.47 bits per heavy atom. The first-order valence-electron chi connectivity index (χ1n) is 6.22. The molecule has 2 nitrogen and oxygen atoms in total. The molecule has 0 aliphatic carbocycles. The van der Waals surface area contributed by atoms with Crippen LogP contribution in [-0.4, -0.2) is 6.04 Å². The topological polar surface area (TPSA) is 35.2 Å². The van der Waals surface area contributed by atoms with Crippen LogP contribution in [0.1, 0.15) is 28.3 Å². The number of hydrogen-bond acceptors (Lipinski definition) is 3. The molecule has 0 saturated carbocycles. The van der Waals surface area contributed by atoms with Crippen molar-refractivity contribution in [2.75, 3.05) is 0 Å². The zero-order valence-corrected chi connectivity index (χ0v) is 12.9. The molecule has 1 aromatic carbocycles. The van der Waals surface area contributed by atoms with E-state index >= 15 is 0 Å². The summed E-state index contributed by atoms with van der Waals surface area (Å²) in [6, 6.07) is 9.73. The lowest BCUT2D eigenvalue weighted by atomic mass is 10.1. The number of aryl methyl sites for hydroxylation is 2. The second kappa shape index (κ2) is 5.95. The van der Waals surface area contributed by atoms with Crippen molar-refractivity contribution in [2.24, 2.45) is 5.73 Å². The van der Waals surface area contributed by atoms with Gasteiger partial charge in [0.2, 0.25) is 0 Å². The minimum Gasteiger partial charge on any atom is -0.483 e. The molecule has 19 heavy (non-hydrogen) atoms. The molecule has 2 N–H and O–H groups in total. The minimum absolute atomic E-state index is 0.0758. The molecule has 1 aromatic heterocycles. The lowest BCUT2D eigenvalue weighted by molar-refractivity contribution is 0.183. The van der Waals surface area contributed by atoms with Gasteiger partial charge in [0.1, 0.15) is 11.9 Å². The largest absolute Gasteiger partial charge is 0.483 e. The molecule has 2 unspecified atom stereocenters. The third kappa shape index (κ3) is 3.50.